The molecule has 0 aliphatic carbocycles. The third-order valence-electron chi connectivity index (χ3n) is 5.24. The topological polar surface area (TPSA) is 51.5 Å². The van der Waals surface area contributed by atoms with Gasteiger partial charge in [0.25, 0.3) is 0 Å². The van der Waals surface area contributed by atoms with Crippen molar-refractivity contribution in [2.24, 2.45) is 0 Å². The van der Waals surface area contributed by atoms with Crippen LogP contribution in [0.2, 0.25) is 0 Å². The van der Waals surface area contributed by atoms with Crippen LogP contribution >= 0.6 is 0 Å². The highest BCUT2D eigenvalue weighted by atomic mass is 19.1. The zero-order chi connectivity index (χ0) is 21.2. The summed E-state index contributed by atoms with van der Waals surface area (Å²) < 4.78 is 21.2. The average Bonchev–Trinajstić information content (AvgIpc) is 3.21. The van der Waals surface area contributed by atoms with Crippen LogP contribution in [-0.2, 0) is 13.1 Å². The molecule has 0 aliphatic rings. The maximum atomic E-state index is 13.8. The molecule has 0 unspecified atom stereocenters. The maximum absolute atomic E-state index is 13.8. The number of nitrogens with one attached hydrogen (secondary N) is 1. The fourth-order valence-electron chi connectivity index (χ4n) is 3.74. The van der Waals surface area contributed by atoms with E-state index < -0.39 is 0 Å². The molecule has 0 radical (unpaired) electrons. The van der Waals surface area contributed by atoms with Crippen molar-refractivity contribution >= 4 is 16.6 Å². The average molecular weight is 412 g/mol. The van der Waals surface area contributed by atoms with Gasteiger partial charge in [-0.2, -0.15) is 0 Å². The Balaban J connectivity index is 1.47. The van der Waals surface area contributed by atoms with Crippen LogP contribution < -0.4 is 10.1 Å². The molecule has 3 heterocycles. The number of hydrogen-bond donors (Lipinski definition) is 1. The van der Waals surface area contributed by atoms with Crippen molar-refractivity contribution in [3.8, 4) is 17.0 Å². The molecule has 0 fully saturated rings. The molecule has 0 saturated heterocycles. The summed E-state index contributed by atoms with van der Waals surface area (Å²) in [5.74, 6) is 0.455. The van der Waals surface area contributed by atoms with Gasteiger partial charge in [0.2, 0.25) is 0 Å². The molecule has 5 nitrogen and oxygen atoms in total. The molecule has 0 bridgehead atoms. The quantitative estimate of drug-likeness (QED) is 0.427. The fraction of sp³-hybridized carbons (Fsp3) is 0.120. The summed E-state index contributed by atoms with van der Waals surface area (Å²) >= 11 is 0. The van der Waals surface area contributed by atoms with E-state index in [0.29, 0.717) is 18.6 Å². The van der Waals surface area contributed by atoms with E-state index in [1.54, 1.807) is 13.2 Å². The highest BCUT2D eigenvalue weighted by Crippen LogP contribution is 2.28. The lowest BCUT2D eigenvalue weighted by atomic mass is 10.0. The molecule has 6 heteroatoms. The first kappa shape index (κ1) is 19.2. The summed E-state index contributed by atoms with van der Waals surface area (Å²) in [7, 11) is 1.64. The monoisotopic (exact) mass is 412 g/mol. The van der Waals surface area contributed by atoms with Gasteiger partial charge in [-0.1, -0.05) is 18.2 Å². The van der Waals surface area contributed by atoms with Gasteiger partial charge in [0.05, 0.1) is 24.0 Å². The fourth-order valence-corrected chi connectivity index (χ4v) is 3.74. The summed E-state index contributed by atoms with van der Waals surface area (Å²) in [6.07, 6.45) is 4.01. The highest BCUT2D eigenvalue weighted by molar-refractivity contribution is 5.83. The van der Waals surface area contributed by atoms with Crippen molar-refractivity contribution in [3.05, 3.63) is 96.2 Å². The Kier molecular flexibility index (Phi) is 5.06. The normalized spacial score (nSPS) is 11.3. The Bertz CT molecular complexity index is 1350. The van der Waals surface area contributed by atoms with Gasteiger partial charge < -0.3 is 14.5 Å². The number of imidazole rings is 1. The molecule has 5 rings (SSSR count). The molecular formula is C25H21FN4O. The van der Waals surface area contributed by atoms with Crippen molar-refractivity contribution in [1.29, 1.82) is 0 Å². The molecule has 2 aromatic carbocycles. The molecule has 1 N–H and O–H groups in total. The lowest BCUT2D eigenvalue weighted by Gasteiger charge is -2.13. The number of pyridine rings is 2. The predicted octanol–water partition coefficient (Wildman–Crippen LogP) is 4.99. The Labute approximate surface area is 179 Å². The zero-order valence-electron chi connectivity index (χ0n) is 17.0. The number of benzene rings is 2. The van der Waals surface area contributed by atoms with Crippen molar-refractivity contribution in [2.45, 2.75) is 13.1 Å². The van der Waals surface area contributed by atoms with E-state index in [-0.39, 0.29) is 5.82 Å². The Hall–Kier alpha value is -3.77. The largest absolute Gasteiger partial charge is 0.497 e. The Morgan fingerprint density at radius 3 is 2.77 bits per heavy atom. The van der Waals surface area contributed by atoms with Crippen LogP contribution in [0.1, 0.15) is 11.3 Å². The number of halogens is 1. The molecule has 0 amide bonds. The molecule has 31 heavy (non-hydrogen) atoms. The first-order valence-corrected chi connectivity index (χ1v) is 10.1. The van der Waals surface area contributed by atoms with Gasteiger partial charge in [0.15, 0.2) is 0 Å². The van der Waals surface area contributed by atoms with Crippen molar-refractivity contribution < 1.29 is 9.13 Å². The van der Waals surface area contributed by atoms with E-state index >= 15 is 0 Å². The molecule has 5 aromatic rings. The Morgan fingerprint density at radius 2 is 1.90 bits per heavy atom. The van der Waals surface area contributed by atoms with Gasteiger partial charge in [-0.3, -0.25) is 0 Å². The number of methoxy groups -OCH3 is 1. The lowest BCUT2D eigenvalue weighted by molar-refractivity contribution is 0.415. The van der Waals surface area contributed by atoms with Crippen LogP contribution in [0.4, 0.5) is 4.39 Å². The predicted molar refractivity (Wildman–Crippen MR) is 119 cm³/mol. The SMILES string of the molecule is COc1cccc(-c2nc3cc(F)ccc3cc2CNCc2cn3ccccc3n2)c1. The van der Waals surface area contributed by atoms with E-state index in [1.165, 1.54) is 12.1 Å². The van der Waals surface area contributed by atoms with Crippen LogP contribution in [0.15, 0.2) is 79.1 Å². The van der Waals surface area contributed by atoms with Gasteiger partial charge in [-0.15, -0.1) is 0 Å². The van der Waals surface area contributed by atoms with E-state index in [4.69, 9.17) is 9.72 Å². The first-order chi connectivity index (χ1) is 15.2. The molecule has 0 saturated carbocycles. The van der Waals surface area contributed by atoms with Crippen LogP contribution in [0.25, 0.3) is 27.8 Å². The zero-order valence-corrected chi connectivity index (χ0v) is 17.0. The van der Waals surface area contributed by atoms with Crippen LogP contribution in [0, 0.1) is 5.82 Å². The van der Waals surface area contributed by atoms with E-state index in [9.17, 15) is 4.39 Å². The minimum atomic E-state index is -0.297. The Morgan fingerprint density at radius 1 is 0.968 bits per heavy atom. The molecule has 0 spiro atoms. The molecule has 154 valence electrons. The third-order valence-corrected chi connectivity index (χ3v) is 5.24. The smallest absolute Gasteiger partial charge is 0.137 e. The number of rotatable bonds is 6. The van der Waals surface area contributed by atoms with Crippen molar-refractivity contribution in [2.75, 3.05) is 7.11 Å². The number of hydrogen-bond acceptors (Lipinski definition) is 4. The second kappa shape index (κ2) is 8.16. The molecule has 0 aliphatic heterocycles. The van der Waals surface area contributed by atoms with Crippen molar-refractivity contribution in [1.82, 2.24) is 19.7 Å². The van der Waals surface area contributed by atoms with Gasteiger partial charge in [0.1, 0.15) is 17.2 Å². The molecular weight excluding hydrogens is 391 g/mol. The van der Waals surface area contributed by atoms with Crippen LogP contribution in [0.5, 0.6) is 5.75 Å². The van der Waals surface area contributed by atoms with E-state index in [0.717, 1.165) is 39.3 Å². The number of ether oxygens (including phenoxy) is 1. The molecule has 0 atom stereocenters. The highest BCUT2D eigenvalue weighted by Gasteiger charge is 2.11. The second-order valence-electron chi connectivity index (χ2n) is 7.37. The minimum Gasteiger partial charge on any atom is -0.497 e. The van der Waals surface area contributed by atoms with Gasteiger partial charge >= 0.3 is 0 Å². The minimum absolute atomic E-state index is 0.297. The van der Waals surface area contributed by atoms with Gasteiger partial charge in [0, 0.05) is 42.5 Å². The number of nitrogens with zero attached hydrogens (tertiary/aromatic N) is 3. The lowest BCUT2D eigenvalue weighted by Crippen LogP contribution is -2.14. The summed E-state index contributed by atoms with van der Waals surface area (Å²) in [4.78, 5) is 9.42. The van der Waals surface area contributed by atoms with E-state index in [2.05, 4.69) is 16.4 Å². The van der Waals surface area contributed by atoms with E-state index in [1.807, 2.05) is 59.3 Å². The molecule has 3 aromatic heterocycles. The van der Waals surface area contributed by atoms with Crippen LogP contribution in [0.3, 0.4) is 0 Å². The summed E-state index contributed by atoms with van der Waals surface area (Å²) in [6, 6.07) is 20.4. The second-order valence-corrected chi connectivity index (χ2v) is 7.37. The first-order valence-electron chi connectivity index (χ1n) is 10.1. The number of aromatic nitrogens is 3. The van der Waals surface area contributed by atoms with Crippen molar-refractivity contribution in [3.63, 3.8) is 0 Å². The standard InChI is InChI=1S/C25H21FN4O/c1-31-22-6-4-5-18(12-22)25-19(11-17-8-9-20(26)13-23(17)29-25)14-27-15-21-16-30-10-3-2-7-24(30)28-21/h2-13,16,27H,14-15H2,1H3. The summed E-state index contributed by atoms with van der Waals surface area (Å²) in [6.45, 7) is 1.22. The summed E-state index contributed by atoms with van der Waals surface area (Å²) in [5, 5.41) is 4.37. The maximum Gasteiger partial charge on any atom is 0.137 e. The van der Waals surface area contributed by atoms with Crippen LogP contribution in [-0.4, -0.2) is 21.5 Å². The third kappa shape index (κ3) is 3.98. The van der Waals surface area contributed by atoms with Gasteiger partial charge in [-0.05, 0) is 48.0 Å². The summed E-state index contributed by atoms with van der Waals surface area (Å²) in [5.41, 5.74) is 5.27. The van der Waals surface area contributed by atoms with Gasteiger partial charge in [-0.25, -0.2) is 14.4 Å². The number of fused-ring (bicyclic) bond motifs is 2.